The molecule has 1 saturated carbocycles. The number of hydrogen-bond acceptors (Lipinski definition) is 6. The molecule has 3 rings (SSSR count). The molecular formula is C32H40O6. The third kappa shape index (κ3) is 10.1. The Kier molecular flexibility index (Phi) is 12.0. The van der Waals surface area contributed by atoms with Crippen LogP contribution in [-0.4, -0.2) is 38.4 Å². The zero-order valence-corrected chi connectivity index (χ0v) is 22.7. The van der Waals surface area contributed by atoms with Crippen LogP contribution < -0.4 is 9.47 Å². The minimum Gasteiger partial charge on any atom is -0.497 e. The van der Waals surface area contributed by atoms with Gasteiger partial charge in [-0.05, 0) is 106 Å². The molecule has 0 aromatic heterocycles. The molecule has 6 heteroatoms. The number of hydrogen-bond donors (Lipinski definition) is 0. The van der Waals surface area contributed by atoms with Crippen LogP contribution in [0.2, 0.25) is 0 Å². The van der Waals surface area contributed by atoms with Crippen molar-refractivity contribution in [3.05, 3.63) is 77.9 Å². The summed E-state index contributed by atoms with van der Waals surface area (Å²) in [7, 11) is 1.63. The van der Waals surface area contributed by atoms with Crippen LogP contribution in [-0.2, 0) is 19.1 Å². The lowest BCUT2D eigenvalue weighted by molar-refractivity contribution is -0.144. The fraction of sp³-hybridized carbons (Fsp3) is 0.438. The largest absolute Gasteiger partial charge is 0.497 e. The Labute approximate surface area is 226 Å². The van der Waals surface area contributed by atoms with Crippen molar-refractivity contribution in [3.63, 3.8) is 0 Å². The molecule has 0 radical (unpaired) electrons. The lowest BCUT2D eigenvalue weighted by Crippen LogP contribution is -2.23. The van der Waals surface area contributed by atoms with E-state index < -0.39 is 0 Å². The van der Waals surface area contributed by atoms with Crippen LogP contribution in [0.5, 0.6) is 11.5 Å². The first kappa shape index (κ1) is 29.0. The second kappa shape index (κ2) is 15.7. The molecule has 0 amide bonds. The first-order valence-corrected chi connectivity index (χ1v) is 13.5. The van der Waals surface area contributed by atoms with Crippen molar-refractivity contribution in [2.45, 2.75) is 70.3 Å². The third-order valence-electron chi connectivity index (χ3n) is 6.73. The number of benzene rings is 2. The monoisotopic (exact) mass is 520 g/mol. The van der Waals surface area contributed by atoms with E-state index in [-0.39, 0.29) is 18.0 Å². The van der Waals surface area contributed by atoms with Crippen LogP contribution in [0, 0.1) is 0 Å². The second-order valence-corrected chi connectivity index (χ2v) is 9.76. The Morgan fingerprint density at radius 3 is 2.13 bits per heavy atom. The summed E-state index contributed by atoms with van der Waals surface area (Å²) in [6, 6.07) is 15.9. The molecule has 1 aliphatic rings. The average molecular weight is 521 g/mol. The summed E-state index contributed by atoms with van der Waals surface area (Å²) in [4.78, 5) is 23.6. The van der Waals surface area contributed by atoms with E-state index in [4.69, 9.17) is 18.9 Å². The lowest BCUT2D eigenvalue weighted by Gasteiger charge is -2.28. The number of methoxy groups -OCH3 is 1. The standard InChI is InChI=1S/C32H40O6/c1-24(2)32(34)37-23-7-5-4-6-22-36-29-17-11-26(12-18-29)27-13-19-30(20-14-27)38-31(33)21-10-25-8-15-28(35-3)16-9-25/h8-12,15-18,21,27,30H,1,4-7,13-14,19-20,22-23H2,2-3H3/b21-10+. The molecule has 6 nitrogen and oxygen atoms in total. The van der Waals surface area contributed by atoms with Gasteiger partial charge in [-0.1, -0.05) is 30.8 Å². The summed E-state index contributed by atoms with van der Waals surface area (Å²) in [6.07, 6.45) is 10.8. The summed E-state index contributed by atoms with van der Waals surface area (Å²) >= 11 is 0. The predicted octanol–water partition coefficient (Wildman–Crippen LogP) is 7.04. The quantitative estimate of drug-likeness (QED) is 0.151. The van der Waals surface area contributed by atoms with Gasteiger partial charge in [0.15, 0.2) is 0 Å². The minimum absolute atomic E-state index is 0.0278. The van der Waals surface area contributed by atoms with E-state index >= 15 is 0 Å². The molecule has 38 heavy (non-hydrogen) atoms. The Morgan fingerprint density at radius 2 is 1.50 bits per heavy atom. The maximum absolute atomic E-state index is 12.2. The maximum atomic E-state index is 12.2. The van der Waals surface area contributed by atoms with Gasteiger partial charge in [0.1, 0.15) is 17.6 Å². The molecule has 0 unspecified atom stereocenters. The zero-order valence-electron chi connectivity index (χ0n) is 22.7. The van der Waals surface area contributed by atoms with Crippen LogP contribution in [0.25, 0.3) is 6.08 Å². The summed E-state index contributed by atoms with van der Waals surface area (Å²) in [5.41, 5.74) is 2.68. The first-order chi connectivity index (χ1) is 18.4. The fourth-order valence-electron chi connectivity index (χ4n) is 4.47. The highest BCUT2D eigenvalue weighted by atomic mass is 16.5. The van der Waals surface area contributed by atoms with E-state index in [9.17, 15) is 9.59 Å². The van der Waals surface area contributed by atoms with E-state index in [0.29, 0.717) is 24.7 Å². The number of unbranched alkanes of at least 4 members (excludes halogenated alkanes) is 3. The van der Waals surface area contributed by atoms with Crippen molar-refractivity contribution >= 4 is 18.0 Å². The molecule has 204 valence electrons. The summed E-state index contributed by atoms with van der Waals surface area (Å²) < 4.78 is 21.8. The SMILES string of the molecule is C=C(C)C(=O)OCCCCCCOc1ccc(C2CCC(OC(=O)/C=C/c3ccc(OC)cc3)CC2)cc1. The molecule has 0 spiro atoms. The van der Waals surface area contributed by atoms with Crippen LogP contribution in [0.1, 0.15) is 75.3 Å². The Hall–Kier alpha value is -3.54. The smallest absolute Gasteiger partial charge is 0.333 e. The van der Waals surface area contributed by atoms with Crippen molar-refractivity contribution < 1.29 is 28.5 Å². The van der Waals surface area contributed by atoms with Crippen LogP contribution in [0.15, 0.2) is 66.8 Å². The number of carbonyl (C=O) groups excluding carboxylic acids is 2. The number of carbonyl (C=O) groups is 2. The van der Waals surface area contributed by atoms with E-state index in [1.807, 2.05) is 36.4 Å². The highest BCUT2D eigenvalue weighted by Crippen LogP contribution is 2.34. The van der Waals surface area contributed by atoms with Crippen molar-refractivity contribution in [1.29, 1.82) is 0 Å². The van der Waals surface area contributed by atoms with Gasteiger partial charge in [-0.2, -0.15) is 0 Å². The molecule has 0 bridgehead atoms. The Balaban J connectivity index is 1.29. The first-order valence-electron chi connectivity index (χ1n) is 13.5. The Morgan fingerprint density at radius 1 is 0.868 bits per heavy atom. The van der Waals surface area contributed by atoms with Crippen LogP contribution in [0.3, 0.4) is 0 Å². The zero-order chi connectivity index (χ0) is 27.2. The van der Waals surface area contributed by atoms with Gasteiger partial charge < -0.3 is 18.9 Å². The molecule has 0 N–H and O–H groups in total. The van der Waals surface area contributed by atoms with Crippen molar-refractivity contribution in [2.24, 2.45) is 0 Å². The number of rotatable bonds is 14. The molecule has 2 aromatic carbocycles. The van der Waals surface area contributed by atoms with Gasteiger partial charge in [0.2, 0.25) is 0 Å². The van der Waals surface area contributed by atoms with Crippen molar-refractivity contribution in [2.75, 3.05) is 20.3 Å². The van der Waals surface area contributed by atoms with E-state index in [2.05, 4.69) is 18.7 Å². The molecule has 1 aliphatic carbocycles. The molecular weight excluding hydrogens is 480 g/mol. The van der Waals surface area contributed by atoms with Gasteiger partial charge in [0.25, 0.3) is 0 Å². The van der Waals surface area contributed by atoms with Crippen molar-refractivity contribution in [1.82, 2.24) is 0 Å². The lowest BCUT2D eigenvalue weighted by atomic mass is 9.83. The van der Waals surface area contributed by atoms with E-state index in [1.54, 1.807) is 20.1 Å². The normalized spacial score (nSPS) is 17.1. The summed E-state index contributed by atoms with van der Waals surface area (Å²) in [5, 5.41) is 0. The number of esters is 2. The molecule has 0 aliphatic heterocycles. The molecule has 1 fully saturated rings. The van der Waals surface area contributed by atoms with Gasteiger partial charge >= 0.3 is 11.9 Å². The predicted molar refractivity (Wildman–Crippen MR) is 149 cm³/mol. The topological polar surface area (TPSA) is 71.1 Å². The van der Waals surface area contributed by atoms with Gasteiger partial charge in [-0.25, -0.2) is 9.59 Å². The van der Waals surface area contributed by atoms with Crippen LogP contribution in [0.4, 0.5) is 0 Å². The van der Waals surface area contributed by atoms with Gasteiger partial charge in [0, 0.05) is 11.6 Å². The van der Waals surface area contributed by atoms with Gasteiger partial charge in [-0.3, -0.25) is 0 Å². The van der Waals surface area contributed by atoms with E-state index in [0.717, 1.165) is 68.4 Å². The maximum Gasteiger partial charge on any atom is 0.333 e. The summed E-state index contributed by atoms with van der Waals surface area (Å²) in [5.74, 6) is 1.54. The Bertz CT molecular complexity index is 1050. The summed E-state index contributed by atoms with van der Waals surface area (Å²) in [6.45, 7) is 6.35. The second-order valence-electron chi connectivity index (χ2n) is 9.76. The molecule has 2 aromatic rings. The fourth-order valence-corrected chi connectivity index (χ4v) is 4.47. The minimum atomic E-state index is -0.317. The highest BCUT2D eigenvalue weighted by molar-refractivity contribution is 5.87. The van der Waals surface area contributed by atoms with E-state index in [1.165, 1.54) is 11.6 Å². The average Bonchev–Trinajstić information content (AvgIpc) is 2.94. The van der Waals surface area contributed by atoms with Gasteiger partial charge in [-0.15, -0.1) is 0 Å². The van der Waals surface area contributed by atoms with Crippen molar-refractivity contribution in [3.8, 4) is 11.5 Å². The number of ether oxygens (including phenoxy) is 4. The highest BCUT2D eigenvalue weighted by Gasteiger charge is 2.24. The van der Waals surface area contributed by atoms with Gasteiger partial charge in [0.05, 0.1) is 20.3 Å². The molecule has 0 saturated heterocycles. The molecule has 0 heterocycles. The molecule has 0 atom stereocenters. The van der Waals surface area contributed by atoms with Crippen LogP contribution >= 0.6 is 0 Å². The third-order valence-corrected chi connectivity index (χ3v) is 6.73.